The molecule has 0 aromatic heterocycles. The fourth-order valence-electron chi connectivity index (χ4n) is 2.34. The molecule has 1 saturated heterocycles. The van der Waals surface area contributed by atoms with E-state index in [0.29, 0.717) is 11.4 Å². The summed E-state index contributed by atoms with van der Waals surface area (Å²) in [6, 6.07) is 6.25. The Morgan fingerprint density at radius 3 is 2.52 bits per heavy atom. The molecule has 0 aliphatic carbocycles. The van der Waals surface area contributed by atoms with E-state index in [-0.39, 0.29) is 5.91 Å². The molecule has 6 nitrogen and oxygen atoms in total. The summed E-state index contributed by atoms with van der Waals surface area (Å²) in [5, 5.41) is -0.951. The van der Waals surface area contributed by atoms with E-state index in [0.717, 1.165) is 0 Å². The number of alkyl halides is 1. The van der Waals surface area contributed by atoms with E-state index in [1.807, 2.05) is 0 Å². The molecule has 2 heterocycles. The van der Waals surface area contributed by atoms with Crippen LogP contribution in [-0.2, 0) is 19.1 Å². The van der Waals surface area contributed by atoms with E-state index in [2.05, 4.69) is 0 Å². The van der Waals surface area contributed by atoms with Crippen LogP contribution in [0.25, 0.3) is 0 Å². The smallest absolute Gasteiger partial charge is 0.333 e. The number of nitrogens with zero attached hydrogens (tertiary/aromatic N) is 1. The first kappa shape index (κ1) is 13.6. The van der Waals surface area contributed by atoms with Gasteiger partial charge in [0.25, 0.3) is 5.91 Å². The number of amides is 1. The Morgan fingerprint density at radius 2 is 2.00 bits per heavy atom. The van der Waals surface area contributed by atoms with Crippen molar-refractivity contribution in [2.45, 2.75) is 18.0 Å². The summed E-state index contributed by atoms with van der Waals surface area (Å²) in [6.45, 7) is 1.29. The van der Waals surface area contributed by atoms with Gasteiger partial charge in [-0.25, -0.2) is 4.79 Å². The summed E-state index contributed by atoms with van der Waals surface area (Å²) < 4.78 is 10.1. The number of rotatable bonds is 2. The number of carbonyl (C=O) groups excluding carboxylic acids is 3. The monoisotopic (exact) mass is 307 g/mol. The van der Waals surface area contributed by atoms with Crippen LogP contribution < -0.4 is 9.64 Å². The van der Waals surface area contributed by atoms with Crippen molar-refractivity contribution >= 4 is 35.1 Å². The number of hydrogen-bond donors (Lipinski definition) is 0. The molecule has 1 spiro atoms. The van der Waals surface area contributed by atoms with Crippen LogP contribution in [0.3, 0.4) is 0 Å². The van der Waals surface area contributed by atoms with Crippen LogP contribution in [0.2, 0.25) is 0 Å². The number of β-lactam (4-membered cyclic amide) rings is 1. The molecule has 1 amide bonds. The molecule has 1 aromatic rings. The largest absolute Gasteiger partial charge is 0.429 e. The summed E-state index contributed by atoms with van der Waals surface area (Å²) in [5.41, 5.74) is -0.772. The van der Waals surface area contributed by atoms with Crippen molar-refractivity contribution in [3.63, 3.8) is 0 Å². The van der Waals surface area contributed by atoms with Crippen molar-refractivity contribution < 1.29 is 23.9 Å². The lowest BCUT2D eigenvalue weighted by molar-refractivity contribution is -0.156. The second kappa shape index (κ2) is 4.60. The van der Waals surface area contributed by atoms with Gasteiger partial charge in [-0.3, -0.25) is 14.5 Å². The van der Waals surface area contributed by atoms with Crippen LogP contribution in [0.5, 0.6) is 5.75 Å². The maximum absolute atomic E-state index is 12.0. The average Bonchev–Trinajstić information content (AvgIpc) is 2.84. The van der Waals surface area contributed by atoms with Crippen LogP contribution in [0.1, 0.15) is 6.92 Å². The number of hydrogen-bond acceptors (Lipinski definition) is 5. The lowest BCUT2D eigenvalue weighted by atomic mass is 9.95. The Labute approximate surface area is 124 Å². The third-order valence-electron chi connectivity index (χ3n) is 3.23. The third kappa shape index (κ3) is 1.99. The van der Waals surface area contributed by atoms with Crippen molar-refractivity contribution in [3.8, 4) is 5.75 Å². The van der Waals surface area contributed by atoms with E-state index < -0.39 is 23.0 Å². The molecule has 21 heavy (non-hydrogen) atoms. The Morgan fingerprint density at radius 1 is 1.33 bits per heavy atom. The highest BCUT2D eigenvalue weighted by Crippen LogP contribution is 2.44. The molecule has 2 aliphatic heterocycles. The van der Waals surface area contributed by atoms with Crippen LogP contribution in [0, 0.1) is 0 Å². The minimum absolute atomic E-state index is 0.356. The van der Waals surface area contributed by atoms with Crippen molar-refractivity contribution in [3.05, 3.63) is 36.4 Å². The van der Waals surface area contributed by atoms with Crippen molar-refractivity contribution in [1.29, 1.82) is 0 Å². The zero-order valence-electron chi connectivity index (χ0n) is 10.9. The molecule has 1 fully saturated rings. The normalized spacial score (nSPS) is 26.8. The maximum Gasteiger partial charge on any atom is 0.333 e. The summed E-state index contributed by atoms with van der Waals surface area (Å²) >= 11 is 5.98. The van der Waals surface area contributed by atoms with E-state index in [1.54, 1.807) is 24.3 Å². The molecule has 1 aromatic carbocycles. The summed E-state index contributed by atoms with van der Waals surface area (Å²) in [6.07, 6.45) is 2.70. The van der Waals surface area contributed by atoms with Crippen LogP contribution in [-0.4, -0.2) is 28.9 Å². The first-order valence-corrected chi connectivity index (χ1v) is 6.56. The zero-order valence-corrected chi connectivity index (χ0v) is 11.7. The highest BCUT2D eigenvalue weighted by atomic mass is 35.5. The van der Waals surface area contributed by atoms with Gasteiger partial charge < -0.3 is 9.47 Å². The van der Waals surface area contributed by atoms with Gasteiger partial charge in [0.15, 0.2) is 5.38 Å². The number of ether oxygens (including phenoxy) is 2. The summed E-state index contributed by atoms with van der Waals surface area (Å²) in [7, 11) is 0. The molecule has 108 valence electrons. The zero-order chi connectivity index (χ0) is 15.2. The lowest BCUT2D eigenvalue weighted by Crippen LogP contribution is -2.72. The van der Waals surface area contributed by atoms with Crippen molar-refractivity contribution in [2.24, 2.45) is 0 Å². The van der Waals surface area contributed by atoms with Crippen LogP contribution in [0.15, 0.2) is 36.4 Å². The number of esters is 2. The van der Waals surface area contributed by atoms with Gasteiger partial charge in [0, 0.05) is 18.7 Å². The Hall–Kier alpha value is -2.34. The molecular weight excluding hydrogens is 298 g/mol. The van der Waals surface area contributed by atoms with Crippen LogP contribution >= 0.6 is 11.6 Å². The van der Waals surface area contributed by atoms with Gasteiger partial charge in [-0.05, 0) is 30.3 Å². The molecule has 0 N–H and O–H groups in total. The molecule has 0 unspecified atom stereocenters. The highest BCUT2D eigenvalue weighted by Gasteiger charge is 2.63. The van der Waals surface area contributed by atoms with Crippen molar-refractivity contribution in [1.82, 2.24) is 0 Å². The number of halogens is 1. The Kier molecular flexibility index (Phi) is 2.98. The van der Waals surface area contributed by atoms with Gasteiger partial charge in [-0.1, -0.05) is 0 Å². The van der Waals surface area contributed by atoms with Gasteiger partial charge >= 0.3 is 11.9 Å². The fourth-order valence-corrected chi connectivity index (χ4v) is 2.65. The second-order valence-corrected chi connectivity index (χ2v) is 5.07. The topological polar surface area (TPSA) is 72.9 Å². The van der Waals surface area contributed by atoms with Gasteiger partial charge in [-0.15, -0.1) is 11.6 Å². The molecule has 0 radical (unpaired) electrons. The Bertz CT molecular complexity index is 668. The molecular formula is C14H10ClNO5. The minimum Gasteiger partial charge on any atom is -0.429 e. The SMILES string of the molecule is CC(=O)Oc1ccc(N2C(=O)[C@H](Cl)[C@]23C=CC(=O)O3)cc1. The second-order valence-electron chi connectivity index (χ2n) is 4.63. The third-order valence-corrected chi connectivity index (χ3v) is 3.73. The molecule has 0 saturated carbocycles. The molecule has 0 bridgehead atoms. The molecule has 7 heteroatoms. The quantitative estimate of drug-likeness (QED) is 0.357. The van der Waals surface area contributed by atoms with E-state index >= 15 is 0 Å². The first-order valence-electron chi connectivity index (χ1n) is 6.13. The molecule has 2 aliphatic rings. The first-order chi connectivity index (χ1) is 9.94. The number of carbonyl (C=O) groups is 3. The highest BCUT2D eigenvalue weighted by molar-refractivity contribution is 6.38. The maximum atomic E-state index is 12.0. The van der Waals surface area contributed by atoms with Gasteiger partial charge in [0.2, 0.25) is 5.72 Å². The molecule has 2 atom stereocenters. The summed E-state index contributed by atoms with van der Waals surface area (Å²) in [4.78, 5) is 35.4. The van der Waals surface area contributed by atoms with E-state index in [9.17, 15) is 14.4 Å². The van der Waals surface area contributed by atoms with Gasteiger partial charge in [0.1, 0.15) is 5.75 Å². The average molecular weight is 308 g/mol. The summed E-state index contributed by atoms with van der Waals surface area (Å²) in [5.74, 6) is -0.992. The molecule has 3 rings (SSSR count). The van der Waals surface area contributed by atoms with Crippen molar-refractivity contribution in [2.75, 3.05) is 4.90 Å². The van der Waals surface area contributed by atoms with Gasteiger partial charge in [-0.2, -0.15) is 0 Å². The fraction of sp³-hybridized carbons (Fsp3) is 0.214. The predicted octanol–water partition coefficient (Wildman–Crippen LogP) is 1.38. The standard InChI is InChI=1S/C14H10ClNO5/c1-8(17)20-10-4-2-9(3-5-10)16-13(19)12(15)14(16)7-6-11(18)21-14/h2-7,12H,1H3/t12-,14+/m0/s1. The number of anilines is 1. The Balaban J connectivity index is 1.89. The minimum atomic E-state index is -1.27. The van der Waals surface area contributed by atoms with Crippen LogP contribution in [0.4, 0.5) is 5.69 Å². The van der Waals surface area contributed by atoms with E-state index in [1.165, 1.54) is 24.0 Å². The lowest BCUT2D eigenvalue weighted by Gasteiger charge is -2.50. The van der Waals surface area contributed by atoms with E-state index in [4.69, 9.17) is 21.1 Å². The van der Waals surface area contributed by atoms with Gasteiger partial charge in [0.05, 0.1) is 0 Å². The predicted molar refractivity (Wildman–Crippen MR) is 72.8 cm³/mol. The number of benzene rings is 1.